The van der Waals surface area contributed by atoms with Gasteiger partial charge in [-0.3, -0.25) is 4.79 Å². The largest absolute Gasteiger partial charge is 0.377 e. The Morgan fingerprint density at radius 2 is 2.26 bits per heavy atom. The van der Waals surface area contributed by atoms with Crippen LogP contribution in [-0.4, -0.2) is 55.7 Å². The summed E-state index contributed by atoms with van der Waals surface area (Å²) in [6, 6.07) is 0.422. The second kappa shape index (κ2) is 6.20. The molecule has 1 saturated carbocycles. The number of rotatable bonds is 5. The minimum absolute atomic E-state index is 0.222. The molecule has 2 aliphatic rings. The number of nitrogens with two attached hydrogens (primary N) is 1. The number of hydrogen-bond donors (Lipinski definition) is 2. The van der Waals surface area contributed by atoms with Crippen LogP contribution in [0.4, 0.5) is 0 Å². The van der Waals surface area contributed by atoms with Crippen LogP contribution < -0.4 is 11.1 Å². The molecule has 0 aromatic carbocycles. The van der Waals surface area contributed by atoms with Gasteiger partial charge in [0, 0.05) is 19.2 Å². The molecular formula is C14H27N3O2. The molecule has 1 saturated heterocycles. The van der Waals surface area contributed by atoms with Gasteiger partial charge >= 0.3 is 0 Å². The summed E-state index contributed by atoms with van der Waals surface area (Å²) in [5.74, 6) is -0.222. The maximum Gasteiger partial charge on any atom is 0.237 e. The first-order valence-electron chi connectivity index (χ1n) is 7.38. The van der Waals surface area contributed by atoms with Crippen LogP contribution in [0.1, 0.15) is 38.5 Å². The van der Waals surface area contributed by atoms with E-state index in [0.717, 1.165) is 38.8 Å². The molecule has 0 radical (unpaired) electrons. The van der Waals surface area contributed by atoms with Gasteiger partial charge in [-0.2, -0.15) is 0 Å². The summed E-state index contributed by atoms with van der Waals surface area (Å²) < 4.78 is 5.79. The summed E-state index contributed by atoms with van der Waals surface area (Å²) in [7, 11) is 3.97. The van der Waals surface area contributed by atoms with E-state index in [1.54, 1.807) is 0 Å². The van der Waals surface area contributed by atoms with Crippen molar-refractivity contribution in [1.29, 1.82) is 0 Å². The highest BCUT2D eigenvalue weighted by Crippen LogP contribution is 2.32. The van der Waals surface area contributed by atoms with Crippen LogP contribution in [0, 0.1) is 0 Å². The molecule has 2 fully saturated rings. The van der Waals surface area contributed by atoms with Gasteiger partial charge in [0.05, 0.1) is 11.6 Å². The molecule has 1 amide bonds. The Bertz CT molecular complexity index is 318. The summed E-state index contributed by atoms with van der Waals surface area (Å²) in [5.41, 5.74) is 5.04. The van der Waals surface area contributed by atoms with E-state index in [4.69, 9.17) is 10.5 Å². The van der Waals surface area contributed by atoms with Crippen LogP contribution in [0.3, 0.4) is 0 Å². The fourth-order valence-electron chi connectivity index (χ4n) is 3.39. The molecule has 19 heavy (non-hydrogen) atoms. The van der Waals surface area contributed by atoms with E-state index >= 15 is 0 Å². The minimum atomic E-state index is -0.508. The molecule has 5 nitrogen and oxygen atoms in total. The van der Waals surface area contributed by atoms with Crippen LogP contribution in [0.15, 0.2) is 0 Å². The number of carbonyl (C=O) groups excluding carboxylic acids is 1. The molecule has 3 N–H and O–H groups in total. The third-order valence-corrected chi connectivity index (χ3v) is 4.83. The van der Waals surface area contributed by atoms with Crippen LogP contribution in [0.2, 0.25) is 0 Å². The number of hydrogen-bond acceptors (Lipinski definition) is 4. The lowest BCUT2D eigenvalue weighted by Crippen LogP contribution is -2.53. The number of likely N-dealkylation sites (N-methyl/N-ethyl adjacent to an activating group) is 2. The van der Waals surface area contributed by atoms with Gasteiger partial charge in [0.25, 0.3) is 0 Å². The van der Waals surface area contributed by atoms with Crippen molar-refractivity contribution >= 4 is 5.91 Å². The van der Waals surface area contributed by atoms with E-state index in [0.29, 0.717) is 12.1 Å². The summed E-state index contributed by atoms with van der Waals surface area (Å²) in [6.45, 7) is 1.86. The van der Waals surface area contributed by atoms with E-state index in [1.165, 1.54) is 12.8 Å². The van der Waals surface area contributed by atoms with Crippen LogP contribution in [0.25, 0.3) is 0 Å². The maximum absolute atomic E-state index is 11.6. The normalized spacial score (nSPS) is 35.7. The van der Waals surface area contributed by atoms with Crippen LogP contribution in [0.5, 0.6) is 0 Å². The van der Waals surface area contributed by atoms with Crippen LogP contribution in [-0.2, 0) is 9.53 Å². The van der Waals surface area contributed by atoms with E-state index in [9.17, 15) is 4.79 Å². The Kier molecular flexibility index (Phi) is 4.81. The molecule has 3 atom stereocenters. The molecule has 0 bridgehead atoms. The summed E-state index contributed by atoms with van der Waals surface area (Å²) in [5, 5.41) is 3.13. The second-order valence-corrected chi connectivity index (χ2v) is 6.02. The van der Waals surface area contributed by atoms with Gasteiger partial charge in [0.2, 0.25) is 5.91 Å². The lowest BCUT2D eigenvalue weighted by Gasteiger charge is -2.32. The van der Waals surface area contributed by atoms with Gasteiger partial charge in [0.15, 0.2) is 0 Å². The van der Waals surface area contributed by atoms with Crippen molar-refractivity contribution in [2.24, 2.45) is 5.73 Å². The number of amides is 1. The predicted molar refractivity (Wildman–Crippen MR) is 74.8 cm³/mol. The average Bonchev–Trinajstić information content (AvgIpc) is 2.86. The van der Waals surface area contributed by atoms with Gasteiger partial charge < -0.3 is 20.7 Å². The molecular weight excluding hydrogens is 242 g/mol. The molecule has 0 aromatic heterocycles. The Morgan fingerprint density at radius 1 is 1.47 bits per heavy atom. The number of carbonyl (C=O) groups is 1. The molecule has 1 heterocycles. The first-order chi connectivity index (χ1) is 9.07. The van der Waals surface area contributed by atoms with Gasteiger partial charge in [0.1, 0.15) is 0 Å². The number of nitrogens with one attached hydrogen (secondary N) is 1. The molecule has 1 aliphatic heterocycles. The zero-order valence-electron chi connectivity index (χ0n) is 12.2. The lowest BCUT2D eigenvalue weighted by atomic mass is 9.96. The van der Waals surface area contributed by atoms with Crippen molar-refractivity contribution in [2.45, 2.75) is 56.2 Å². The van der Waals surface area contributed by atoms with Crippen LogP contribution >= 0.6 is 0 Å². The summed E-state index contributed by atoms with van der Waals surface area (Å²) in [4.78, 5) is 14.0. The monoisotopic (exact) mass is 269 g/mol. The molecule has 2 rings (SSSR count). The highest BCUT2D eigenvalue weighted by Gasteiger charge is 2.44. The van der Waals surface area contributed by atoms with Crippen molar-refractivity contribution in [3.05, 3.63) is 0 Å². The highest BCUT2D eigenvalue weighted by atomic mass is 16.5. The maximum atomic E-state index is 11.6. The third-order valence-electron chi connectivity index (χ3n) is 4.83. The minimum Gasteiger partial charge on any atom is -0.377 e. The Hall–Kier alpha value is -0.650. The van der Waals surface area contributed by atoms with E-state index in [2.05, 4.69) is 17.3 Å². The number of ether oxygens (including phenoxy) is 1. The first-order valence-corrected chi connectivity index (χ1v) is 7.38. The Morgan fingerprint density at radius 3 is 2.79 bits per heavy atom. The quantitative estimate of drug-likeness (QED) is 0.762. The van der Waals surface area contributed by atoms with E-state index in [1.807, 2.05) is 7.05 Å². The fourth-order valence-corrected chi connectivity index (χ4v) is 3.39. The van der Waals surface area contributed by atoms with Crippen molar-refractivity contribution in [1.82, 2.24) is 10.2 Å². The zero-order chi connectivity index (χ0) is 13.9. The zero-order valence-corrected chi connectivity index (χ0v) is 12.2. The van der Waals surface area contributed by atoms with Crippen molar-refractivity contribution in [3.8, 4) is 0 Å². The van der Waals surface area contributed by atoms with Gasteiger partial charge in [-0.05, 0) is 52.6 Å². The Labute approximate surface area is 115 Å². The van der Waals surface area contributed by atoms with Crippen molar-refractivity contribution in [3.63, 3.8) is 0 Å². The molecule has 110 valence electrons. The molecule has 3 unspecified atom stereocenters. The smallest absolute Gasteiger partial charge is 0.237 e. The molecule has 1 aliphatic carbocycles. The molecule has 5 heteroatoms. The fraction of sp³-hybridized carbons (Fsp3) is 0.929. The van der Waals surface area contributed by atoms with Gasteiger partial charge in [-0.25, -0.2) is 0 Å². The standard InChI is InChI=1S/C14H27N3O2/c1-16-14(13(15)18)7-6-11(9-14)17(2)10-12-5-3-4-8-19-12/h11-12,16H,3-10H2,1-2H3,(H2,15,18). The highest BCUT2D eigenvalue weighted by molar-refractivity contribution is 5.85. The Balaban J connectivity index is 1.87. The number of primary amides is 1. The number of nitrogens with zero attached hydrogens (tertiary/aromatic N) is 1. The van der Waals surface area contributed by atoms with Gasteiger partial charge in [-0.1, -0.05) is 0 Å². The van der Waals surface area contributed by atoms with E-state index in [-0.39, 0.29) is 5.91 Å². The SMILES string of the molecule is CNC1(C(N)=O)CCC(N(C)CC2CCCCO2)C1. The molecule has 0 spiro atoms. The van der Waals surface area contributed by atoms with E-state index < -0.39 is 5.54 Å². The van der Waals surface area contributed by atoms with Gasteiger partial charge in [-0.15, -0.1) is 0 Å². The predicted octanol–water partition coefficient (Wildman–Crippen LogP) is 0.483. The topological polar surface area (TPSA) is 67.6 Å². The summed E-state index contributed by atoms with van der Waals surface area (Å²) >= 11 is 0. The van der Waals surface area contributed by atoms with Crippen molar-refractivity contribution < 1.29 is 9.53 Å². The second-order valence-electron chi connectivity index (χ2n) is 6.02. The van der Waals surface area contributed by atoms with Crippen molar-refractivity contribution in [2.75, 3.05) is 27.2 Å². The first kappa shape index (κ1) is 14.8. The molecule has 0 aromatic rings. The lowest BCUT2D eigenvalue weighted by molar-refractivity contribution is -0.124. The third kappa shape index (κ3) is 3.27. The summed E-state index contributed by atoms with van der Waals surface area (Å²) in [6.07, 6.45) is 6.63. The average molecular weight is 269 g/mol.